The fraction of sp³-hybridized carbons (Fsp3) is 0.200. The lowest BCUT2D eigenvalue weighted by Gasteiger charge is -2.09. The second-order valence-electron chi connectivity index (χ2n) is 5.87. The van der Waals surface area contributed by atoms with Gasteiger partial charge in [0, 0.05) is 25.5 Å². The van der Waals surface area contributed by atoms with E-state index >= 15 is 0 Å². The molecule has 0 saturated carbocycles. The van der Waals surface area contributed by atoms with Gasteiger partial charge in [-0.1, -0.05) is 54.2 Å². The third-order valence-corrected chi connectivity index (χ3v) is 5.24. The van der Waals surface area contributed by atoms with Crippen LogP contribution in [0.2, 0.25) is 0 Å². The minimum Gasteiger partial charge on any atom is -0.330 e. The summed E-state index contributed by atoms with van der Waals surface area (Å²) >= 11 is 1.75. The quantitative estimate of drug-likeness (QED) is 0.478. The number of hydrogen-bond donors (Lipinski definition) is 0. The van der Waals surface area contributed by atoms with Gasteiger partial charge in [0.05, 0.1) is 16.8 Å². The molecule has 126 valence electrons. The summed E-state index contributed by atoms with van der Waals surface area (Å²) in [6, 6.07) is 18.8. The van der Waals surface area contributed by atoms with Crippen LogP contribution in [0.4, 0.5) is 0 Å². The number of aryl methyl sites for hydroxylation is 1. The average molecular weight is 348 g/mol. The van der Waals surface area contributed by atoms with Gasteiger partial charge in [0.25, 0.3) is 0 Å². The zero-order valence-electron chi connectivity index (χ0n) is 14.2. The molecule has 0 aliphatic heterocycles. The summed E-state index contributed by atoms with van der Waals surface area (Å²) < 4.78 is 4.48. The smallest absolute Gasteiger partial charge is 0.169 e. The van der Waals surface area contributed by atoms with Gasteiger partial charge in [0.15, 0.2) is 5.16 Å². The van der Waals surface area contributed by atoms with Gasteiger partial charge in [-0.15, -0.1) is 0 Å². The lowest BCUT2D eigenvalue weighted by Crippen LogP contribution is -2.04. The van der Waals surface area contributed by atoms with Crippen molar-refractivity contribution in [2.75, 3.05) is 0 Å². The van der Waals surface area contributed by atoms with E-state index in [1.807, 2.05) is 24.5 Å². The number of hydrogen-bond acceptors (Lipinski definition) is 3. The molecule has 0 fully saturated rings. The number of nitrogens with zero attached hydrogens (tertiary/aromatic N) is 4. The topological polar surface area (TPSA) is 35.6 Å². The Morgan fingerprint density at radius 2 is 1.80 bits per heavy atom. The van der Waals surface area contributed by atoms with Crippen LogP contribution >= 0.6 is 11.8 Å². The maximum absolute atomic E-state index is 4.79. The van der Waals surface area contributed by atoms with E-state index in [4.69, 9.17) is 4.98 Å². The van der Waals surface area contributed by atoms with Crippen molar-refractivity contribution in [2.45, 2.75) is 30.9 Å². The third kappa shape index (κ3) is 3.33. The Hall–Kier alpha value is -2.53. The fourth-order valence-electron chi connectivity index (χ4n) is 3.00. The first kappa shape index (κ1) is 16.0. The molecule has 4 nitrogen and oxygen atoms in total. The van der Waals surface area contributed by atoms with Gasteiger partial charge >= 0.3 is 0 Å². The van der Waals surface area contributed by atoms with E-state index < -0.39 is 0 Å². The summed E-state index contributed by atoms with van der Waals surface area (Å²) in [4.78, 5) is 9.33. The standard InChI is InChI=1S/C20H20N4S/c1-2-24-18-11-7-6-10-17(18)22-20(24)25-15-19-21-12-13-23(19)14-16-8-4-3-5-9-16/h3-13H,2,14-15H2,1H3. The normalized spacial score (nSPS) is 11.2. The van der Waals surface area contributed by atoms with Crippen LogP contribution in [-0.4, -0.2) is 19.1 Å². The van der Waals surface area contributed by atoms with Crippen molar-refractivity contribution in [1.29, 1.82) is 0 Å². The molecule has 0 bridgehead atoms. The summed E-state index contributed by atoms with van der Waals surface area (Å²) in [7, 11) is 0. The highest BCUT2D eigenvalue weighted by atomic mass is 32.2. The van der Waals surface area contributed by atoms with Gasteiger partial charge in [-0.2, -0.15) is 0 Å². The molecule has 2 heterocycles. The zero-order chi connectivity index (χ0) is 17.1. The van der Waals surface area contributed by atoms with Crippen LogP contribution in [0.15, 0.2) is 72.1 Å². The predicted octanol–water partition coefficient (Wildman–Crippen LogP) is 4.59. The van der Waals surface area contributed by atoms with Crippen molar-refractivity contribution in [3.63, 3.8) is 0 Å². The number of aromatic nitrogens is 4. The van der Waals surface area contributed by atoms with Crippen LogP contribution in [0.5, 0.6) is 0 Å². The summed E-state index contributed by atoms with van der Waals surface area (Å²) in [5.74, 6) is 1.88. The highest BCUT2D eigenvalue weighted by Gasteiger charge is 2.11. The van der Waals surface area contributed by atoms with Crippen LogP contribution in [0, 0.1) is 0 Å². The van der Waals surface area contributed by atoms with Gasteiger partial charge in [-0.25, -0.2) is 9.97 Å². The molecule has 0 spiro atoms. The maximum atomic E-state index is 4.79. The molecule has 0 amide bonds. The molecule has 0 N–H and O–H groups in total. The molecular weight excluding hydrogens is 328 g/mol. The van der Waals surface area contributed by atoms with Crippen LogP contribution in [0.3, 0.4) is 0 Å². The molecule has 4 aromatic rings. The van der Waals surface area contributed by atoms with Crippen molar-refractivity contribution in [2.24, 2.45) is 0 Å². The SMILES string of the molecule is CCn1c(SCc2nccn2Cc2ccccc2)nc2ccccc21. The second kappa shape index (κ2) is 7.15. The van der Waals surface area contributed by atoms with Gasteiger partial charge in [-0.3, -0.25) is 0 Å². The van der Waals surface area contributed by atoms with Crippen LogP contribution in [0.25, 0.3) is 11.0 Å². The Bertz CT molecular complexity index is 972. The Morgan fingerprint density at radius 1 is 1.00 bits per heavy atom. The van der Waals surface area contributed by atoms with E-state index in [-0.39, 0.29) is 0 Å². The molecule has 2 aromatic carbocycles. The largest absolute Gasteiger partial charge is 0.330 e. The van der Waals surface area contributed by atoms with E-state index in [9.17, 15) is 0 Å². The van der Waals surface area contributed by atoms with E-state index in [1.54, 1.807) is 11.8 Å². The summed E-state index contributed by atoms with van der Waals surface area (Å²) in [5.41, 5.74) is 3.53. The highest BCUT2D eigenvalue weighted by Crippen LogP contribution is 2.26. The maximum Gasteiger partial charge on any atom is 0.169 e. The third-order valence-electron chi connectivity index (χ3n) is 4.26. The van der Waals surface area contributed by atoms with E-state index in [1.165, 1.54) is 11.1 Å². The number of imidazole rings is 2. The molecule has 0 saturated heterocycles. The van der Waals surface area contributed by atoms with Crippen LogP contribution in [0.1, 0.15) is 18.3 Å². The summed E-state index contributed by atoms with van der Waals surface area (Å²) in [5, 5.41) is 1.05. The highest BCUT2D eigenvalue weighted by molar-refractivity contribution is 7.98. The minimum absolute atomic E-state index is 0.809. The molecule has 0 aliphatic carbocycles. The lowest BCUT2D eigenvalue weighted by molar-refractivity contribution is 0.700. The van der Waals surface area contributed by atoms with Crippen molar-refractivity contribution in [3.05, 3.63) is 78.4 Å². The van der Waals surface area contributed by atoms with Crippen LogP contribution < -0.4 is 0 Å². The lowest BCUT2D eigenvalue weighted by atomic mass is 10.2. The van der Waals surface area contributed by atoms with Crippen molar-refractivity contribution >= 4 is 22.8 Å². The number of rotatable bonds is 6. The Labute approximate surface area is 151 Å². The molecule has 0 atom stereocenters. The molecular formula is C20H20N4S. The van der Waals surface area contributed by atoms with E-state index in [0.717, 1.165) is 35.3 Å². The van der Waals surface area contributed by atoms with E-state index in [2.05, 4.69) is 63.5 Å². The molecule has 2 aromatic heterocycles. The van der Waals surface area contributed by atoms with Crippen LogP contribution in [-0.2, 0) is 18.8 Å². The van der Waals surface area contributed by atoms with Crippen molar-refractivity contribution < 1.29 is 0 Å². The van der Waals surface area contributed by atoms with Gasteiger partial charge in [-0.05, 0) is 24.6 Å². The summed E-state index contributed by atoms with van der Waals surface area (Å²) in [6.45, 7) is 3.93. The van der Waals surface area contributed by atoms with E-state index in [0.29, 0.717) is 0 Å². The zero-order valence-corrected chi connectivity index (χ0v) is 15.0. The summed E-state index contributed by atoms with van der Waals surface area (Å²) in [6.07, 6.45) is 3.92. The number of fused-ring (bicyclic) bond motifs is 1. The monoisotopic (exact) mass is 348 g/mol. The average Bonchev–Trinajstić information content (AvgIpc) is 3.24. The minimum atomic E-state index is 0.809. The molecule has 0 radical (unpaired) electrons. The van der Waals surface area contributed by atoms with Crippen molar-refractivity contribution in [1.82, 2.24) is 19.1 Å². The van der Waals surface area contributed by atoms with Gasteiger partial charge < -0.3 is 9.13 Å². The van der Waals surface area contributed by atoms with Gasteiger partial charge in [0.1, 0.15) is 5.82 Å². The van der Waals surface area contributed by atoms with Gasteiger partial charge in [0.2, 0.25) is 0 Å². The molecule has 4 rings (SSSR count). The number of para-hydroxylation sites is 2. The first-order chi connectivity index (χ1) is 12.3. The van der Waals surface area contributed by atoms with Crippen molar-refractivity contribution in [3.8, 4) is 0 Å². The first-order valence-corrected chi connectivity index (χ1v) is 9.45. The molecule has 0 aliphatic rings. The molecule has 5 heteroatoms. The number of benzene rings is 2. The second-order valence-corrected chi connectivity index (χ2v) is 6.82. The molecule has 0 unspecified atom stereocenters. The Morgan fingerprint density at radius 3 is 2.64 bits per heavy atom. The predicted molar refractivity (Wildman–Crippen MR) is 103 cm³/mol. The fourth-order valence-corrected chi connectivity index (χ4v) is 4.05. The number of thioether (sulfide) groups is 1. The Kier molecular flexibility index (Phi) is 4.57. The Balaban J connectivity index is 1.54. The molecule has 25 heavy (non-hydrogen) atoms. The first-order valence-electron chi connectivity index (χ1n) is 8.47.